The summed E-state index contributed by atoms with van der Waals surface area (Å²) in [5.41, 5.74) is 1.75. The largest absolute Gasteiger partial charge is 0.495 e. The van der Waals surface area contributed by atoms with E-state index in [4.69, 9.17) is 27.9 Å². The lowest BCUT2D eigenvalue weighted by atomic mass is 9.67. The molecule has 3 N–H and O–H groups in total. The molecule has 30 heavy (non-hydrogen) atoms. The zero-order chi connectivity index (χ0) is 20.8. The summed E-state index contributed by atoms with van der Waals surface area (Å²) >= 11 is 11.8. The fourth-order valence-electron chi connectivity index (χ4n) is 4.38. The van der Waals surface area contributed by atoms with Crippen LogP contribution < -0.4 is 20.7 Å². The van der Waals surface area contributed by atoms with Gasteiger partial charge in [-0.25, -0.2) is 14.4 Å². The van der Waals surface area contributed by atoms with E-state index in [9.17, 15) is 4.39 Å². The van der Waals surface area contributed by atoms with Crippen molar-refractivity contribution in [3.63, 3.8) is 0 Å². The molecule has 2 bridgehead atoms. The van der Waals surface area contributed by atoms with Crippen LogP contribution in [0.25, 0.3) is 10.9 Å². The van der Waals surface area contributed by atoms with Gasteiger partial charge >= 0.3 is 0 Å². The highest BCUT2D eigenvalue weighted by Crippen LogP contribution is 2.42. The molecule has 0 spiro atoms. The van der Waals surface area contributed by atoms with Crippen LogP contribution >= 0.6 is 23.2 Å². The Morgan fingerprint density at radius 1 is 1.13 bits per heavy atom. The maximum atomic E-state index is 14.5. The smallest absolute Gasteiger partial charge is 0.166 e. The minimum atomic E-state index is -0.627. The van der Waals surface area contributed by atoms with Crippen LogP contribution in [-0.4, -0.2) is 36.2 Å². The second-order valence-electron chi connectivity index (χ2n) is 7.72. The number of rotatable bonds is 5. The average molecular weight is 448 g/mol. The fraction of sp³-hybridized carbons (Fsp3) is 0.333. The molecular formula is C21H20Cl2FN5O. The van der Waals surface area contributed by atoms with Gasteiger partial charge in [0.25, 0.3) is 0 Å². The molecule has 2 aliphatic rings. The molecule has 1 saturated carbocycles. The quantitative estimate of drug-likeness (QED) is 0.485. The molecule has 2 heterocycles. The van der Waals surface area contributed by atoms with Gasteiger partial charge < -0.3 is 20.7 Å². The third-order valence-corrected chi connectivity index (χ3v) is 6.78. The van der Waals surface area contributed by atoms with E-state index in [1.807, 2.05) is 12.1 Å². The highest BCUT2D eigenvalue weighted by atomic mass is 35.5. The normalized spacial score (nSPS) is 22.5. The summed E-state index contributed by atoms with van der Waals surface area (Å²) < 4.78 is 20.1. The van der Waals surface area contributed by atoms with Gasteiger partial charge in [0.15, 0.2) is 5.82 Å². The van der Waals surface area contributed by atoms with Crippen LogP contribution in [0, 0.1) is 17.7 Å². The Balaban J connectivity index is 1.52. The number of ether oxygens (including phenoxy) is 1. The Labute approximate surface area is 183 Å². The third kappa shape index (κ3) is 3.31. The number of nitrogens with one attached hydrogen (secondary N) is 3. The molecular weight excluding hydrogens is 428 g/mol. The first-order chi connectivity index (χ1) is 14.5. The van der Waals surface area contributed by atoms with Crippen molar-refractivity contribution in [2.45, 2.75) is 12.5 Å². The Morgan fingerprint density at radius 3 is 2.67 bits per heavy atom. The topological polar surface area (TPSA) is 71.1 Å². The standard InChI is InChI=1S/C21H20Cl2FN5O/c1-30-17-6-15-12(5-16(17)28-20-10-4-11(20)8-25-7-10)21(27-9-26-15)29-14-3-2-13(22)18(23)19(14)24/h2-3,5-6,9-11,20,25,28H,4,7-8H2,1H3,(H,26,27,29)/t10-,11+,20-. The summed E-state index contributed by atoms with van der Waals surface area (Å²) in [7, 11) is 1.64. The van der Waals surface area contributed by atoms with Crippen molar-refractivity contribution in [3.05, 3.63) is 46.5 Å². The molecule has 2 fully saturated rings. The van der Waals surface area contributed by atoms with Gasteiger partial charge in [0.2, 0.25) is 0 Å². The van der Waals surface area contributed by atoms with E-state index < -0.39 is 5.82 Å². The first kappa shape index (κ1) is 19.6. The minimum absolute atomic E-state index is 0.130. The number of benzene rings is 2. The van der Waals surface area contributed by atoms with Crippen molar-refractivity contribution in [1.29, 1.82) is 0 Å². The average Bonchev–Trinajstić information content (AvgIpc) is 2.77. The molecule has 9 heteroatoms. The van der Waals surface area contributed by atoms with Gasteiger partial charge in [0.1, 0.15) is 17.9 Å². The fourth-order valence-corrected chi connectivity index (χ4v) is 4.69. The molecule has 3 atom stereocenters. The maximum absolute atomic E-state index is 14.5. The van der Waals surface area contributed by atoms with E-state index in [2.05, 4.69) is 25.9 Å². The molecule has 1 aliphatic carbocycles. The van der Waals surface area contributed by atoms with Crippen LogP contribution in [0.5, 0.6) is 5.75 Å². The van der Waals surface area contributed by atoms with E-state index in [1.54, 1.807) is 7.11 Å². The highest BCUT2D eigenvalue weighted by Gasteiger charge is 2.43. The predicted molar refractivity (Wildman–Crippen MR) is 118 cm³/mol. The predicted octanol–water partition coefficient (Wildman–Crippen LogP) is 4.85. The number of methoxy groups -OCH3 is 1. The van der Waals surface area contributed by atoms with E-state index in [0.29, 0.717) is 35.0 Å². The lowest BCUT2D eigenvalue weighted by Gasteiger charge is -2.50. The molecule has 0 radical (unpaired) electrons. The summed E-state index contributed by atoms with van der Waals surface area (Å²) in [6.45, 7) is 2.05. The molecule has 1 aliphatic heterocycles. The van der Waals surface area contributed by atoms with Crippen LogP contribution in [0.15, 0.2) is 30.6 Å². The second kappa shape index (κ2) is 7.72. The summed E-state index contributed by atoms with van der Waals surface area (Å²) in [6, 6.07) is 7.29. The SMILES string of the molecule is COc1cc2ncnc(Nc3ccc(Cl)c(Cl)c3F)c2cc1N[C@H]1[C@@H]2CNC[C@H]1C2. The van der Waals surface area contributed by atoms with Crippen LogP contribution in [0.2, 0.25) is 10.0 Å². The molecule has 5 rings (SSSR count). The Bertz CT molecular complexity index is 1110. The summed E-state index contributed by atoms with van der Waals surface area (Å²) in [6.07, 6.45) is 2.67. The van der Waals surface area contributed by atoms with Crippen molar-refractivity contribution in [1.82, 2.24) is 15.3 Å². The van der Waals surface area contributed by atoms with Crippen molar-refractivity contribution < 1.29 is 9.13 Å². The first-order valence-electron chi connectivity index (χ1n) is 9.75. The van der Waals surface area contributed by atoms with Gasteiger partial charge in [0, 0.05) is 17.5 Å². The first-order valence-corrected chi connectivity index (χ1v) is 10.5. The number of aromatic nitrogens is 2. The van der Waals surface area contributed by atoms with Gasteiger partial charge in [-0.3, -0.25) is 0 Å². The van der Waals surface area contributed by atoms with Gasteiger partial charge in [-0.1, -0.05) is 23.2 Å². The van der Waals surface area contributed by atoms with E-state index in [0.717, 1.165) is 24.2 Å². The van der Waals surface area contributed by atoms with Crippen LogP contribution in [0.1, 0.15) is 6.42 Å². The molecule has 156 valence electrons. The minimum Gasteiger partial charge on any atom is -0.495 e. The molecule has 0 amide bonds. The zero-order valence-corrected chi connectivity index (χ0v) is 17.7. The van der Waals surface area contributed by atoms with E-state index in [1.165, 1.54) is 24.9 Å². The van der Waals surface area contributed by atoms with Crippen molar-refractivity contribution >= 4 is 51.3 Å². The Morgan fingerprint density at radius 2 is 1.93 bits per heavy atom. The molecule has 6 nitrogen and oxygen atoms in total. The van der Waals surface area contributed by atoms with Gasteiger partial charge in [-0.05, 0) is 49.5 Å². The van der Waals surface area contributed by atoms with E-state index in [-0.39, 0.29) is 15.7 Å². The number of anilines is 3. The highest BCUT2D eigenvalue weighted by molar-refractivity contribution is 6.42. The lowest BCUT2D eigenvalue weighted by Crippen LogP contribution is -2.59. The van der Waals surface area contributed by atoms with Crippen molar-refractivity contribution in [2.75, 3.05) is 30.8 Å². The summed E-state index contributed by atoms with van der Waals surface area (Å²) in [4.78, 5) is 8.67. The maximum Gasteiger partial charge on any atom is 0.166 e. The molecule has 3 aromatic rings. The molecule has 1 aromatic heterocycles. The number of hydrogen-bond acceptors (Lipinski definition) is 6. The second-order valence-corrected chi connectivity index (χ2v) is 8.51. The Kier molecular flexibility index (Phi) is 5.05. The number of nitrogens with zero attached hydrogens (tertiary/aromatic N) is 2. The van der Waals surface area contributed by atoms with Gasteiger partial charge in [0.05, 0.1) is 34.0 Å². The van der Waals surface area contributed by atoms with Crippen molar-refractivity contribution in [2.24, 2.45) is 11.8 Å². The monoisotopic (exact) mass is 447 g/mol. The molecule has 1 saturated heterocycles. The van der Waals surface area contributed by atoms with Crippen LogP contribution in [0.4, 0.5) is 21.6 Å². The van der Waals surface area contributed by atoms with E-state index >= 15 is 0 Å². The van der Waals surface area contributed by atoms with Crippen LogP contribution in [0.3, 0.4) is 0 Å². The van der Waals surface area contributed by atoms with Crippen molar-refractivity contribution in [3.8, 4) is 5.75 Å². The molecule has 0 unspecified atom stereocenters. The Hall–Kier alpha value is -2.35. The zero-order valence-electron chi connectivity index (χ0n) is 16.2. The van der Waals surface area contributed by atoms with Crippen LogP contribution in [-0.2, 0) is 0 Å². The number of hydrogen-bond donors (Lipinski definition) is 3. The lowest BCUT2D eigenvalue weighted by molar-refractivity contribution is 0.109. The van der Waals surface area contributed by atoms with Gasteiger partial charge in [-0.2, -0.15) is 0 Å². The van der Waals surface area contributed by atoms with Gasteiger partial charge in [-0.15, -0.1) is 0 Å². The number of halogens is 3. The molecule has 2 aromatic carbocycles. The number of fused-ring (bicyclic) bond motifs is 3. The third-order valence-electron chi connectivity index (χ3n) is 6.00. The number of piperidine rings is 2. The summed E-state index contributed by atoms with van der Waals surface area (Å²) in [5, 5.41) is 10.9. The summed E-state index contributed by atoms with van der Waals surface area (Å²) in [5.74, 6) is 1.78.